The Hall–Kier alpha value is -2.35. The molecule has 3 rings (SSSR count). The summed E-state index contributed by atoms with van der Waals surface area (Å²) in [6.45, 7) is 0. The highest BCUT2D eigenvalue weighted by Gasteiger charge is 2.31. The highest BCUT2D eigenvalue weighted by atomic mass is 32.1. The second-order valence-electron chi connectivity index (χ2n) is 4.33. The minimum atomic E-state index is -4.46. The second kappa shape index (κ2) is 4.88. The zero-order valence-corrected chi connectivity index (χ0v) is 11.3. The molecule has 0 aliphatic rings. The van der Waals surface area contributed by atoms with Crippen LogP contribution in [0.25, 0.3) is 22.1 Å². The molecule has 2 heterocycles. The van der Waals surface area contributed by atoms with E-state index in [0.29, 0.717) is 5.82 Å². The van der Waals surface area contributed by atoms with Gasteiger partial charge in [0.05, 0.1) is 10.4 Å². The van der Waals surface area contributed by atoms with E-state index in [1.165, 1.54) is 17.4 Å². The van der Waals surface area contributed by atoms with Gasteiger partial charge in [0.25, 0.3) is 0 Å². The van der Waals surface area contributed by atoms with E-state index in [0.717, 1.165) is 17.0 Å². The standard InChI is InChI=1S/C13H9F3N4S/c14-13(15,16)8-4-7(5-9(17)6-8)11-18-12(20-19-11)10-2-1-3-21-10/h1-6H,17H2,(H,18,19,20). The average molecular weight is 310 g/mol. The number of anilines is 1. The lowest BCUT2D eigenvalue weighted by atomic mass is 10.1. The van der Waals surface area contributed by atoms with Crippen LogP contribution in [0, 0.1) is 0 Å². The quantitative estimate of drug-likeness (QED) is 0.707. The fourth-order valence-electron chi connectivity index (χ4n) is 1.86. The number of H-pyrrole nitrogens is 1. The Morgan fingerprint density at radius 2 is 2.00 bits per heavy atom. The molecule has 21 heavy (non-hydrogen) atoms. The van der Waals surface area contributed by atoms with Gasteiger partial charge in [-0.1, -0.05) is 6.07 Å². The molecule has 3 N–H and O–H groups in total. The van der Waals surface area contributed by atoms with Crippen LogP contribution in [-0.4, -0.2) is 15.2 Å². The van der Waals surface area contributed by atoms with Crippen LogP contribution >= 0.6 is 11.3 Å². The largest absolute Gasteiger partial charge is 0.416 e. The van der Waals surface area contributed by atoms with Crippen LogP contribution in [0.1, 0.15) is 5.56 Å². The Morgan fingerprint density at radius 3 is 2.67 bits per heavy atom. The Kier molecular flexibility index (Phi) is 3.17. The Balaban J connectivity index is 2.03. The molecule has 0 amide bonds. The van der Waals surface area contributed by atoms with E-state index in [9.17, 15) is 13.2 Å². The number of hydrogen-bond acceptors (Lipinski definition) is 4. The molecule has 8 heteroatoms. The third-order valence-corrected chi connectivity index (χ3v) is 3.66. The Bertz CT molecular complexity index is 762. The summed E-state index contributed by atoms with van der Waals surface area (Å²) >= 11 is 1.46. The number of benzene rings is 1. The van der Waals surface area contributed by atoms with Crippen LogP contribution in [0.2, 0.25) is 0 Å². The molecule has 0 spiro atoms. The Labute approximate surface area is 121 Å². The van der Waals surface area contributed by atoms with Crippen molar-refractivity contribution in [1.82, 2.24) is 15.2 Å². The fourth-order valence-corrected chi connectivity index (χ4v) is 2.52. The summed E-state index contributed by atoms with van der Waals surface area (Å²) in [5.41, 5.74) is 4.95. The van der Waals surface area contributed by atoms with Gasteiger partial charge in [-0.2, -0.15) is 18.3 Å². The number of aromatic nitrogens is 3. The first kappa shape index (κ1) is 13.6. The van der Waals surface area contributed by atoms with Gasteiger partial charge in [0, 0.05) is 11.3 Å². The SMILES string of the molecule is Nc1cc(-c2n[nH]c(-c3cccs3)n2)cc(C(F)(F)F)c1. The van der Waals surface area contributed by atoms with Gasteiger partial charge in [-0.15, -0.1) is 11.3 Å². The summed E-state index contributed by atoms with van der Waals surface area (Å²) in [5.74, 6) is 0.687. The highest BCUT2D eigenvalue weighted by molar-refractivity contribution is 7.13. The number of nitrogens with one attached hydrogen (secondary N) is 1. The van der Waals surface area contributed by atoms with Crippen molar-refractivity contribution in [3.8, 4) is 22.1 Å². The van der Waals surface area contributed by atoms with Crippen molar-refractivity contribution in [3.63, 3.8) is 0 Å². The maximum absolute atomic E-state index is 12.8. The summed E-state index contributed by atoms with van der Waals surface area (Å²) < 4.78 is 38.4. The van der Waals surface area contributed by atoms with Crippen molar-refractivity contribution in [2.45, 2.75) is 6.18 Å². The van der Waals surface area contributed by atoms with Crippen LogP contribution in [0.4, 0.5) is 18.9 Å². The molecular weight excluding hydrogens is 301 g/mol. The molecular formula is C13H9F3N4S. The van der Waals surface area contributed by atoms with E-state index < -0.39 is 11.7 Å². The summed E-state index contributed by atoms with van der Waals surface area (Å²) in [5, 5.41) is 8.54. The lowest BCUT2D eigenvalue weighted by Gasteiger charge is -2.08. The molecule has 0 aliphatic heterocycles. The Morgan fingerprint density at radius 1 is 1.19 bits per heavy atom. The molecule has 1 aromatic carbocycles. The van der Waals surface area contributed by atoms with Crippen molar-refractivity contribution in [3.05, 3.63) is 41.3 Å². The molecule has 2 aromatic heterocycles. The first-order valence-electron chi connectivity index (χ1n) is 5.88. The smallest absolute Gasteiger partial charge is 0.399 e. The zero-order valence-electron chi connectivity index (χ0n) is 10.5. The maximum atomic E-state index is 12.8. The topological polar surface area (TPSA) is 67.6 Å². The van der Waals surface area contributed by atoms with Crippen molar-refractivity contribution in [1.29, 1.82) is 0 Å². The monoisotopic (exact) mass is 310 g/mol. The lowest BCUT2D eigenvalue weighted by molar-refractivity contribution is -0.137. The zero-order chi connectivity index (χ0) is 15.0. The molecule has 0 saturated heterocycles. The number of nitrogens with zero attached hydrogens (tertiary/aromatic N) is 2. The minimum Gasteiger partial charge on any atom is -0.399 e. The summed E-state index contributed by atoms with van der Waals surface area (Å²) in [6, 6.07) is 6.98. The normalized spacial score (nSPS) is 11.8. The van der Waals surface area contributed by atoms with Crippen molar-refractivity contribution in [2.24, 2.45) is 0 Å². The van der Waals surface area contributed by atoms with Gasteiger partial charge >= 0.3 is 6.18 Å². The van der Waals surface area contributed by atoms with Gasteiger partial charge in [0.1, 0.15) is 0 Å². The number of thiophene rings is 1. The number of nitrogen functional groups attached to an aromatic ring is 1. The van der Waals surface area contributed by atoms with Crippen LogP contribution in [0.3, 0.4) is 0 Å². The number of halogens is 3. The molecule has 0 unspecified atom stereocenters. The molecule has 3 aromatic rings. The van der Waals surface area contributed by atoms with E-state index in [-0.39, 0.29) is 17.1 Å². The van der Waals surface area contributed by atoms with Gasteiger partial charge in [-0.3, -0.25) is 5.10 Å². The molecule has 0 fully saturated rings. The van der Waals surface area contributed by atoms with E-state index in [2.05, 4.69) is 15.2 Å². The third kappa shape index (κ3) is 2.75. The molecule has 0 saturated carbocycles. The number of nitrogens with two attached hydrogens (primary N) is 1. The summed E-state index contributed by atoms with van der Waals surface area (Å²) in [6.07, 6.45) is -4.46. The van der Waals surface area contributed by atoms with E-state index >= 15 is 0 Å². The van der Waals surface area contributed by atoms with Gasteiger partial charge in [0.15, 0.2) is 11.6 Å². The predicted molar refractivity (Wildman–Crippen MR) is 74.5 cm³/mol. The van der Waals surface area contributed by atoms with Crippen molar-refractivity contribution >= 4 is 17.0 Å². The second-order valence-corrected chi connectivity index (χ2v) is 5.27. The molecule has 0 aliphatic carbocycles. The number of rotatable bonds is 2. The minimum absolute atomic E-state index is 0.0160. The first-order valence-corrected chi connectivity index (χ1v) is 6.76. The first-order chi connectivity index (χ1) is 9.93. The van der Waals surface area contributed by atoms with E-state index in [4.69, 9.17) is 5.73 Å². The van der Waals surface area contributed by atoms with E-state index in [1.54, 1.807) is 0 Å². The molecule has 0 radical (unpaired) electrons. The van der Waals surface area contributed by atoms with Crippen molar-refractivity contribution < 1.29 is 13.2 Å². The van der Waals surface area contributed by atoms with Crippen LogP contribution < -0.4 is 5.73 Å². The van der Waals surface area contributed by atoms with Crippen molar-refractivity contribution in [2.75, 3.05) is 5.73 Å². The number of alkyl halides is 3. The van der Waals surface area contributed by atoms with Crippen LogP contribution in [0.5, 0.6) is 0 Å². The van der Waals surface area contributed by atoms with Gasteiger partial charge < -0.3 is 5.73 Å². The molecule has 0 atom stereocenters. The third-order valence-electron chi connectivity index (χ3n) is 2.78. The highest BCUT2D eigenvalue weighted by Crippen LogP contribution is 2.33. The molecule has 4 nitrogen and oxygen atoms in total. The molecule has 0 bridgehead atoms. The van der Waals surface area contributed by atoms with Crippen LogP contribution in [0.15, 0.2) is 35.7 Å². The van der Waals surface area contributed by atoms with E-state index in [1.807, 2.05) is 17.5 Å². The van der Waals surface area contributed by atoms with Gasteiger partial charge in [0.2, 0.25) is 0 Å². The average Bonchev–Trinajstić information content (AvgIpc) is 3.08. The fraction of sp³-hybridized carbons (Fsp3) is 0.0769. The predicted octanol–water partition coefficient (Wildman–Crippen LogP) is 3.80. The molecule has 108 valence electrons. The maximum Gasteiger partial charge on any atom is 0.416 e. The van der Waals surface area contributed by atoms with Gasteiger partial charge in [-0.05, 0) is 29.6 Å². The summed E-state index contributed by atoms with van der Waals surface area (Å²) in [4.78, 5) is 5.06. The van der Waals surface area contributed by atoms with Crippen LogP contribution in [-0.2, 0) is 6.18 Å². The van der Waals surface area contributed by atoms with Gasteiger partial charge in [-0.25, -0.2) is 4.98 Å². The lowest BCUT2D eigenvalue weighted by Crippen LogP contribution is -2.06. The number of aromatic amines is 1. The summed E-state index contributed by atoms with van der Waals surface area (Å²) in [7, 11) is 0. The number of hydrogen-bond donors (Lipinski definition) is 2.